The Morgan fingerprint density at radius 2 is 1.62 bits per heavy atom. The van der Waals surface area contributed by atoms with Crippen LogP contribution in [0.3, 0.4) is 0 Å². The summed E-state index contributed by atoms with van der Waals surface area (Å²) in [6.07, 6.45) is -14.1. The van der Waals surface area contributed by atoms with Crippen molar-refractivity contribution in [1.82, 2.24) is 0 Å². The highest BCUT2D eigenvalue weighted by molar-refractivity contribution is 5.89. The quantitative estimate of drug-likeness (QED) is 0.115. The number of ether oxygens (including phenoxy) is 8. The van der Waals surface area contributed by atoms with Crippen LogP contribution in [0.15, 0.2) is 11.8 Å². The van der Waals surface area contributed by atoms with E-state index >= 15 is 0 Å². The minimum Gasteiger partial charge on any atom is -0.462 e. The molecule has 14 atom stereocenters. The number of aliphatic hydroxyl groups excluding tert-OH is 5. The molecule has 14 unspecified atom stereocenters. The van der Waals surface area contributed by atoms with Gasteiger partial charge in [0.15, 0.2) is 30.6 Å². The molecule has 0 aromatic rings. The van der Waals surface area contributed by atoms with Crippen LogP contribution in [0.2, 0.25) is 0 Å². The van der Waals surface area contributed by atoms with E-state index in [1.165, 1.54) is 20.1 Å². The van der Waals surface area contributed by atoms with E-state index in [4.69, 9.17) is 37.9 Å². The Balaban J connectivity index is 1.54. The molecule has 0 aromatic heterocycles. The van der Waals surface area contributed by atoms with E-state index in [0.29, 0.717) is 5.57 Å². The standard InChI is InChI=1S/C31H46O17/c1-12(2)6-21(36)47-29-22-17(7-19(18(22)8-32)44-14(4)34)16(10-41-29)11-42-31-28(24(38)23(37)20(9-33)46-31)48-30-26(40)25(39)27(13(3)43-30)45-15(5)35/h10,12-13,17-20,22-23,25-33,37,39-40H,6-9,11H2,1-5H3. The van der Waals surface area contributed by atoms with Crippen LogP contribution in [-0.2, 0) is 57.1 Å². The maximum atomic E-state index is 13.3. The Morgan fingerprint density at radius 1 is 0.938 bits per heavy atom. The van der Waals surface area contributed by atoms with Gasteiger partial charge in [-0.3, -0.25) is 19.2 Å². The van der Waals surface area contributed by atoms with Crippen molar-refractivity contribution in [2.24, 2.45) is 23.7 Å². The van der Waals surface area contributed by atoms with Crippen molar-refractivity contribution in [3.63, 3.8) is 0 Å². The van der Waals surface area contributed by atoms with Crippen molar-refractivity contribution in [3.8, 4) is 0 Å². The molecule has 3 heterocycles. The molecule has 0 aromatic carbocycles. The van der Waals surface area contributed by atoms with Gasteiger partial charge in [0.2, 0.25) is 6.29 Å². The van der Waals surface area contributed by atoms with Gasteiger partial charge in [-0.1, -0.05) is 13.8 Å². The van der Waals surface area contributed by atoms with Gasteiger partial charge in [-0.05, 0) is 30.8 Å². The van der Waals surface area contributed by atoms with Crippen molar-refractivity contribution in [2.45, 2.75) is 115 Å². The summed E-state index contributed by atoms with van der Waals surface area (Å²) in [5.41, 5.74) is 0.466. The highest BCUT2D eigenvalue weighted by Gasteiger charge is 2.55. The number of esters is 3. The normalized spacial score (nSPS) is 39.6. The van der Waals surface area contributed by atoms with Gasteiger partial charge in [-0.2, -0.15) is 0 Å². The minimum absolute atomic E-state index is 0.0129. The summed E-state index contributed by atoms with van der Waals surface area (Å²) in [5, 5.41) is 51.9. The van der Waals surface area contributed by atoms with E-state index in [0.717, 1.165) is 6.92 Å². The largest absolute Gasteiger partial charge is 0.462 e. The molecule has 0 bridgehead atoms. The molecule has 5 N–H and O–H groups in total. The first-order valence-corrected chi connectivity index (χ1v) is 15.9. The number of fused-ring (bicyclic) bond motifs is 1. The maximum absolute atomic E-state index is 13.3. The van der Waals surface area contributed by atoms with Gasteiger partial charge in [-0.15, -0.1) is 0 Å². The fraction of sp³-hybridized carbons (Fsp3) is 0.806. The topological polar surface area (TPSA) is 243 Å². The SMILES string of the molecule is CC(=O)OC1CC2C(COC3OC(CO)C(O)C(=O)C3OC3OC(C)C(OC(C)=O)C(O)C3O)=COC(OC(=O)CC(C)C)C2C1CO. The van der Waals surface area contributed by atoms with Crippen LogP contribution in [0.25, 0.3) is 0 Å². The van der Waals surface area contributed by atoms with Crippen LogP contribution in [0.4, 0.5) is 0 Å². The van der Waals surface area contributed by atoms with E-state index in [2.05, 4.69) is 0 Å². The lowest BCUT2D eigenvalue weighted by Gasteiger charge is -2.44. The zero-order valence-corrected chi connectivity index (χ0v) is 27.4. The first kappa shape index (κ1) is 38.1. The van der Waals surface area contributed by atoms with E-state index < -0.39 is 122 Å². The summed E-state index contributed by atoms with van der Waals surface area (Å²) in [5.74, 6) is -4.56. The second kappa shape index (κ2) is 16.3. The molecule has 4 aliphatic rings. The highest BCUT2D eigenvalue weighted by atomic mass is 16.8. The van der Waals surface area contributed by atoms with E-state index in [1.54, 1.807) is 0 Å². The zero-order chi connectivity index (χ0) is 35.4. The molecule has 0 amide bonds. The van der Waals surface area contributed by atoms with Crippen molar-refractivity contribution in [1.29, 1.82) is 0 Å². The molecular weight excluding hydrogens is 644 g/mol. The van der Waals surface area contributed by atoms with Crippen LogP contribution in [0, 0.1) is 23.7 Å². The number of hydrogen-bond donors (Lipinski definition) is 5. The van der Waals surface area contributed by atoms with Crippen LogP contribution >= 0.6 is 0 Å². The van der Waals surface area contributed by atoms with Gasteiger partial charge in [0.1, 0.15) is 30.5 Å². The summed E-state index contributed by atoms with van der Waals surface area (Å²) in [6, 6.07) is 0. The first-order chi connectivity index (χ1) is 22.7. The third-order valence-electron chi connectivity index (χ3n) is 8.85. The Kier molecular flexibility index (Phi) is 12.9. The number of ketones is 1. The first-order valence-electron chi connectivity index (χ1n) is 15.9. The van der Waals surface area contributed by atoms with E-state index in [9.17, 15) is 44.7 Å². The van der Waals surface area contributed by atoms with Crippen LogP contribution in [0.5, 0.6) is 0 Å². The average molecular weight is 691 g/mol. The molecule has 2 saturated heterocycles. The summed E-state index contributed by atoms with van der Waals surface area (Å²) in [4.78, 5) is 49.2. The number of hydrogen-bond acceptors (Lipinski definition) is 17. The van der Waals surface area contributed by atoms with Crippen LogP contribution in [-0.4, -0.2) is 137 Å². The Hall–Kier alpha value is -2.74. The van der Waals surface area contributed by atoms with Crippen molar-refractivity contribution < 1.29 is 82.6 Å². The van der Waals surface area contributed by atoms with Crippen LogP contribution in [0.1, 0.15) is 47.5 Å². The number of aliphatic hydroxyl groups is 5. The van der Waals surface area contributed by atoms with Crippen molar-refractivity contribution in [2.75, 3.05) is 19.8 Å². The van der Waals surface area contributed by atoms with Gasteiger partial charge >= 0.3 is 17.9 Å². The van der Waals surface area contributed by atoms with Gasteiger partial charge in [-0.25, -0.2) is 0 Å². The predicted molar refractivity (Wildman–Crippen MR) is 156 cm³/mol. The average Bonchev–Trinajstić information content (AvgIpc) is 3.37. The second-order valence-electron chi connectivity index (χ2n) is 12.9. The number of rotatable bonds is 12. The molecule has 4 rings (SSSR count). The van der Waals surface area contributed by atoms with Crippen LogP contribution < -0.4 is 0 Å². The smallest absolute Gasteiger partial charge is 0.309 e. The zero-order valence-electron chi connectivity index (χ0n) is 27.4. The Morgan fingerprint density at radius 3 is 2.23 bits per heavy atom. The van der Waals surface area contributed by atoms with Gasteiger partial charge in [0, 0.05) is 38.7 Å². The minimum atomic E-state index is -1.84. The molecule has 0 spiro atoms. The fourth-order valence-corrected chi connectivity index (χ4v) is 6.60. The van der Waals surface area contributed by atoms with Crippen molar-refractivity contribution >= 4 is 23.7 Å². The van der Waals surface area contributed by atoms with Crippen molar-refractivity contribution in [3.05, 3.63) is 11.8 Å². The number of carbonyl (C=O) groups excluding carboxylic acids is 4. The molecule has 1 aliphatic carbocycles. The predicted octanol–water partition coefficient (Wildman–Crippen LogP) is -1.56. The molecule has 48 heavy (non-hydrogen) atoms. The molecule has 272 valence electrons. The molecule has 17 nitrogen and oxygen atoms in total. The molecule has 1 saturated carbocycles. The Bertz CT molecular complexity index is 1190. The van der Waals surface area contributed by atoms with Gasteiger partial charge in [0.25, 0.3) is 0 Å². The maximum Gasteiger partial charge on any atom is 0.309 e. The fourth-order valence-electron chi connectivity index (χ4n) is 6.60. The summed E-state index contributed by atoms with van der Waals surface area (Å²) >= 11 is 0. The number of carbonyl (C=O) groups is 4. The monoisotopic (exact) mass is 690 g/mol. The molecular formula is C31H46O17. The number of Topliss-reactive ketones (excluding diaryl/α,β-unsaturated/α-hetero) is 1. The third-order valence-corrected chi connectivity index (χ3v) is 8.85. The molecule has 3 fully saturated rings. The Labute approximate surface area is 277 Å². The summed E-state index contributed by atoms with van der Waals surface area (Å²) < 4.78 is 45.0. The third kappa shape index (κ3) is 8.51. The van der Waals surface area contributed by atoms with Gasteiger partial charge < -0.3 is 63.4 Å². The lowest BCUT2D eigenvalue weighted by molar-refractivity contribution is -0.334. The second-order valence-corrected chi connectivity index (χ2v) is 12.9. The lowest BCUT2D eigenvalue weighted by Crippen LogP contribution is -2.63. The molecule has 17 heteroatoms. The molecule has 0 radical (unpaired) electrons. The summed E-state index contributed by atoms with van der Waals surface area (Å²) in [7, 11) is 0. The van der Waals surface area contributed by atoms with Gasteiger partial charge in [0.05, 0.1) is 25.6 Å². The van der Waals surface area contributed by atoms with E-state index in [1.807, 2.05) is 13.8 Å². The summed E-state index contributed by atoms with van der Waals surface area (Å²) in [6.45, 7) is 6.04. The molecule has 3 aliphatic heterocycles. The highest BCUT2D eigenvalue weighted by Crippen LogP contribution is 2.48. The lowest BCUT2D eigenvalue weighted by atomic mass is 9.83. The van der Waals surface area contributed by atoms with E-state index in [-0.39, 0.29) is 25.4 Å².